The van der Waals surface area contributed by atoms with Crippen molar-refractivity contribution in [1.29, 1.82) is 0 Å². The molecule has 1 aliphatic carbocycles. The minimum atomic E-state index is 1.06. The molecule has 1 nitrogen and oxygen atoms in total. The molecule has 1 saturated carbocycles. The van der Waals surface area contributed by atoms with Gasteiger partial charge in [-0.25, -0.2) is 0 Å². The van der Waals surface area contributed by atoms with Gasteiger partial charge in [0.05, 0.1) is 0 Å². The summed E-state index contributed by atoms with van der Waals surface area (Å²) in [5.74, 6) is 1.06. The van der Waals surface area contributed by atoms with Crippen LogP contribution in [0.5, 0.6) is 0 Å². The molecule has 1 aliphatic rings. The summed E-state index contributed by atoms with van der Waals surface area (Å²) in [5, 5.41) is 3.44. The summed E-state index contributed by atoms with van der Waals surface area (Å²) in [5.41, 5.74) is 0. The second-order valence-electron chi connectivity index (χ2n) is 4.12. The molecule has 0 amide bonds. The van der Waals surface area contributed by atoms with E-state index in [0.717, 1.165) is 18.9 Å². The van der Waals surface area contributed by atoms with Crippen LogP contribution in [0.3, 0.4) is 0 Å². The molecule has 0 saturated heterocycles. The lowest BCUT2D eigenvalue weighted by Gasteiger charge is -2.08. The van der Waals surface area contributed by atoms with Crippen molar-refractivity contribution in [2.45, 2.75) is 44.9 Å². The molecule has 1 fully saturated rings. The zero-order valence-electron chi connectivity index (χ0n) is 8.73. The summed E-state index contributed by atoms with van der Waals surface area (Å²) in [6, 6.07) is 0. The Balaban J connectivity index is 1.80. The van der Waals surface area contributed by atoms with Crippen LogP contribution in [-0.2, 0) is 0 Å². The van der Waals surface area contributed by atoms with E-state index in [1.54, 1.807) is 0 Å². The average molecular weight is 181 g/mol. The Morgan fingerprint density at radius 2 is 2.00 bits per heavy atom. The van der Waals surface area contributed by atoms with Gasteiger partial charge in [0.2, 0.25) is 0 Å². The quantitative estimate of drug-likeness (QED) is 0.470. The monoisotopic (exact) mass is 181 g/mol. The largest absolute Gasteiger partial charge is 0.316 e. The third-order valence-electron chi connectivity index (χ3n) is 2.97. The lowest BCUT2D eigenvalue weighted by atomic mass is 10.0. The van der Waals surface area contributed by atoms with Gasteiger partial charge in [0.25, 0.3) is 0 Å². The van der Waals surface area contributed by atoms with Gasteiger partial charge in [0, 0.05) is 0 Å². The summed E-state index contributed by atoms with van der Waals surface area (Å²) < 4.78 is 0. The minimum absolute atomic E-state index is 1.06. The summed E-state index contributed by atoms with van der Waals surface area (Å²) in [4.78, 5) is 0. The first-order chi connectivity index (χ1) is 6.43. The van der Waals surface area contributed by atoms with Crippen LogP contribution in [0, 0.1) is 5.92 Å². The highest BCUT2D eigenvalue weighted by Gasteiger charge is 2.13. The van der Waals surface area contributed by atoms with Crippen LogP contribution in [0.4, 0.5) is 0 Å². The fraction of sp³-hybridized carbons (Fsp3) is 0.833. The van der Waals surface area contributed by atoms with Gasteiger partial charge in [0.1, 0.15) is 0 Å². The van der Waals surface area contributed by atoms with E-state index in [-0.39, 0.29) is 0 Å². The maximum Gasteiger partial charge on any atom is -0.00144 e. The second kappa shape index (κ2) is 7.14. The third kappa shape index (κ3) is 5.09. The van der Waals surface area contributed by atoms with Gasteiger partial charge in [-0.2, -0.15) is 0 Å². The zero-order valence-corrected chi connectivity index (χ0v) is 8.73. The molecule has 0 unspecified atom stereocenters. The predicted octanol–water partition coefficient (Wildman–Crippen LogP) is 3.12. The first-order valence-electron chi connectivity index (χ1n) is 5.75. The van der Waals surface area contributed by atoms with Gasteiger partial charge < -0.3 is 5.32 Å². The van der Waals surface area contributed by atoms with Crippen LogP contribution in [0.25, 0.3) is 0 Å². The summed E-state index contributed by atoms with van der Waals surface area (Å²) in [7, 11) is 0. The van der Waals surface area contributed by atoms with Gasteiger partial charge in [-0.05, 0) is 38.3 Å². The second-order valence-corrected chi connectivity index (χ2v) is 4.12. The fourth-order valence-electron chi connectivity index (χ4n) is 2.14. The van der Waals surface area contributed by atoms with Crippen molar-refractivity contribution in [2.24, 2.45) is 5.92 Å². The van der Waals surface area contributed by atoms with E-state index in [0.29, 0.717) is 0 Å². The highest BCUT2D eigenvalue weighted by molar-refractivity contribution is 4.69. The molecule has 0 aromatic carbocycles. The van der Waals surface area contributed by atoms with E-state index < -0.39 is 0 Å². The van der Waals surface area contributed by atoms with Gasteiger partial charge in [0.15, 0.2) is 0 Å². The van der Waals surface area contributed by atoms with Crippen molar-refractivity contribution in [3.05, 3.63) is 12.7 Å². The van der Waals surface area contributed by atoms with E-state index >= 15 is 0 Å². The smallest absolute Gasteiger partial charge is 0.00144 e. The first kappa shape index (κ1) is 10.8. The molecule has 0 aromatic heterocycles. The molecule has 0 atom stereocenters. The normalized spacial score (nSPS) is 17.8. The standard InChI is InChI=1S/C12H23N/c1-2-3-10-13-11-6-9-12-7-4-5-8-12/h2,12-13H,1,3-11H2. The third-order valence-corrected chi connectivity index (χ3v) is 2.97. The number of rotatable bonds is 7. The molecule has 0 radical (unpaired) electrons. The number of nitrogens with one attached hydrogen (secondary N) is 1. The molecular formula is C12H23N. The molecule has 0 heterocycles. The van der Waals surface area contributed by atoms with Gasteiger partial charge in [-0.3, -0.25) is 0 Å². The van der Waals surface area contributed by atoms with E-state index in [9.17, 15) is 0 Å². The van der Waals surface area contributed by atoms with Crippen molar-refractivity contribution in [3.8, 4) is 0 Å². The van der Waals surface area contributed by atoms with E-state index in [1.165, 1.54) is 45.1 Å². The molecule has 76 valence electrons. The number of hydrogen-bond donors (Lipinski definition) is 1. The van der Waals surface area contributed by atoms with Crippen molar-refractivity contribution >= 4 is 0 Å². The maximum absolute atomic E-state index is 3.70. The summed E-state index contributed by atoms with van der Waals surface area (Å²) in [6.07, 6.45) is 11.8. The molecule has 0 bridgehead atoms. The topological polar surface area (TPSA) is 12.0 Å². The molecule has 0 aliphatic heterocycles. The Morgan fingerprint density at radius 3 is 2.69 bits per heavy atom. The van der Waals surface area contributed by atoms with Crippen molar-refractivity contribution in [3.63, 3.8) is 0 Å². The van der Waals surface area contributed by atoms with Gasteiger partial charge >= 0.3 is 0 Å². The van der Waals surface area contributed by atoms with Crippen LogP contribution in [0.2, 0.25) is 0 Å². The van der Waals surface area contributed by atoms with Gasteiger partial charge in [-0.15, -0.1) is 6.58 Å². The molecule has 1 rings (SSSR count). The lowest BCUT2D eigenvalue weighted by molar-refractivity contribution is 0.471. The molecule has 1 heteroatoms. The molecule has 0 aromatic rings. The van der Waals surface area contributed by atoms with Gasteiger partial charge in [-0.1, -0.05) is 31.8 Å². The average Bonchev–Trinajstić information content (AvgIpc) is 2.63. The van der Waals surface area contributed by atoms with Crippen LogP contribution in [-0.4, -0.2) is 13.1 Å². The Morgan fingerprint density at radius 1 is 1.23 bits per heavy atom. The predicted molar refractivity (Wildman–Crippen MR) is 58.9 cm³/mol. The molecule has 13 heavy (non-hydrogen) atoms. The Hall–Kier alpha value is -0.300. The minimum Gasteiger partial charge on any atom is -0.316 e. The Kier molecular flexibility index (Phi) is 5.92. The SMILES string of the molecule is C=CCCNCCCC1CCCC1. The fourth-order valence-corrected chi connectivity index (χ4v) is 2.14. The Labute approximate surface area is 82.6 Å². The maximum atomic E-state index is 3.70. The van der Waals surface area contributed by atoms with Crippen molar-refractivity contribution < 1.29 is 0 Å². The van der Waals surface area contributed by atoms with E-state index in [1.807, 2.05) is 6.08 Å². The highest BCUT2D eigenvalue weighted by Crippen LogP contribution is 2.28. The van der Waals surface area contributed by atoms with E-state index in [2.05, 4.69) is 11.9 Å². The van der Waals surface area contributed by atoms with E-state index in [4.69, 9.17) is 0 Å². The molecule has 1 N–H and O–H groups in total. The zero-order chi connectivity index (χ0) is 9.36. The molecular weight excluding hydrogens is 158 g/mol. The number of hydrogen-bond acceptors (Lipinski definition) is 1. The van der Waals surface area contributed by atoms with Crippen molar-refractivity contribution in [1.82, 2.24) is 5.32 Å². The summed E-state index contributed by atoms with van der Waals surface area (Å²) in [6.45, 7) is 6.01. The molecule has 0 spiro atoms. The Bertz CT molecular complexity index is 125. The highest BCUT2D eigenvalue weighted by atomic mass is 14.8. The van der Waals surface area contributed by atoms with Crippen LogP contribution in [0.15, 0.2) is 12.7 Å². The van der Waals surface area contributed by atoms with Crippen LogP contribution < -0.4 is 5.32 Å². The lowest BCUT2D eigenvalue weighted by Crippen LogP contribution is -2.16. The van der Waals surface area contributed by atoms with Crippen LogP contribution in [0.1, 0.15) is 44.9 Å². The van der Waals surface area contributed by atoms with Crippen LogP contribution >= 0.6 is 0 Å². The first-order valence-corrected chi connectivity index (χ1v) is 5.75. The summed E-state index contributed by atoms with van der Waals surface area (Å²) >= 11 is 0. The van der Waals surface area contributed by atoms with Crippen molar-refractivity contribution in [2.75, 3.05) is 13.1 Å².